The van der Waals surface area contributed by atoms with Crippen LogP contribution in [0.3, 0.4) is 0 Å². The molecular formula is C11H17N3O2S. The van der Waals surface area contributed by atoms with Crippen molar-refractivity contribution in [3.05, 3.63) is 16.6 Å². The van der Waals surface area contributed by atoms with Gasteiger partial charge in [0, 0.05) is 18.1 Å². The molecule has 6 heteroatoms. The van der Waals surface area contributed by atoms with Crippen LogP contribution in [0.1, 0.15) is 17.8 Å². The molecule has 94 valence electrons. The van der Waals surface area contributed by atoms with Crippen LogP contribution in [0.5, 0.6) is 0 Å². The highest BCUT2D eigenvalue weighted by molar-refractivity contribution is 7.09. The van der Waals surface area contributed by atoms with E-state index in [1.165, 1.54) is 0 Å². The van der Waals surface area contributed by atoms with Gasteiger partial charge in [-0.2, -0.15) is 0 Å². The van der Waals surface area contributed by atoms with Gasteiger partial charge < -0.3 is 10.4 Å². The van der Waals surface area contributed by atoms with Gasteiger partial charge in [-0.3, -0.25) is 4.90 Å². The Bertz CT molecular complexity index is 348. The predicted molar refractivity (Wildman–Crippen MR) is 66.1 cm³/mol. The zero-order valence-corrected chi connectivity index (χ0v) is 10.4. The molecule has 2 N–H and O–H groups in total. The standard InChI is InChI=1S/C11H17N3O2S/c15-11(16)13-7-9-1-4-14(5-2-9)8-10-12-3-6-17-10/h3,6,9,13H,1-2,4-5,7-8H2,(H,15,16). The van der Waals surface area contributed by atoms with Gasteiger partial charge in [0.25, 0.3) is 0 Å². The lowest BCUT2D eigenvalue weighted by molar-refractivity contribution is 0.166. The van der Waals surface area contributed by atoms with Crippen molar-refractivity contribution in [1.82, 2.24) is 15.2 Å². The van der Waals surface area contributed by atoms with Crippen molar-refractivity contribution in [3.8, 4) is 0 Å². The average molecular weight is 255 g/mol. The first-order valence-corrected chi connectivity index (χ1v) is 6.69. The topological polar surface area (TPSA) is 65.5 Å². The van der Waals surface area contributed by atoms with Crippen LogP contribution in [0.4, 0.5) is 4.79 Å². The van der Waals surface area contributed by atoms with Crippen molar-refractivity contribution in [2.75, 3.05) is 19.6 Å². The van der Waals surface area contributed by atoms with E-state index in [2.05, 4.69) is 15.2 Å². The molecule has 1 aromatic rings. The van der Waals surface area contributed by atoms with E-state index in [0.717, 1.165) is 37.5 Å². The van der Waals surface area contributed by atoms with Crippen molar-refractivity contribution in [2.24, 2.45) is 5.92 Å². The third-order valence-electron chi connectivity index (χ3n) is 3.09. The maximum absolute atomic E-state index is 10.4. The summed E-state index contributed by atoms with van der Waals surface area (Å²) in [7, 11) is 0. The van der Waals surface area contributed by atoms with Crippen LogP contribution in [0.15, 0.2) is 11.6 Å². The molecule has 1 aromatic heterocycles. The molecule has 0 unspecified atom stereocenters. The molecule has 0 aromatic carbocycles. The maximum atomic E-state index is 10.4. The van der Waals surface area contributed by atoms with Crippen molar-refractivity contribution >= 4 is 17.4 Å². The molecule has 0 aliphatic carbocycles. The Hall–Kier alpha value is -1.14. The summed E-state index contributed by atoms with van der Waals surface area (Å²) in [6, 6.07) is 0. The van der Waals surface area contributed by atoms with Gasteiger partial charge in [-0.05, 0) is 31.8 Å². The molecule has 5 nitrogen and oxygen atoms in total. The molecule has 1 fully saturated rings. The summed E-state index contributed by atoms with van der Waals surface area (Å²) in [5, 5.41) is 14.2. The van der Waals surface area contributed by atoms with E-state index in [1.807, 2.05) is 11.6 Å². The minimum Gasteiger partial charge on any atom is -0.465 e. The normalized spacial score (nSPS) is 18.1. The number of likely N-dealkylation sites (tertiary alicyclic amines) is 1. The summed E-state index contributed by atoms with van der Waals surface area (Å²) in [5.74, 6) is 0.485. The molecule has 1 aliphatic heterocycles. The second-order valence-corrected chi connectivity index (χ2v) is 5.31. The van der Waals surface area contributed by atoms with Crippen molar-refractivity contribution in [1.29, 1.82) is 0 Å². The van der Waals surface area contributed by atoms with Gasteiger partial charge in [0.2, 0.25) is 0 Å². The number of hydrogen-bond acceptors (Lipinski definition) is 4. The fourth-order valence-electron chi connectivity index (χ4n) is 2.10. The fourth-order valence-corrected chi connectivity index (χ4v) is 2.76. The highest BCUT2D eigenvalue weighted by atomic mass is 32.1. The number of carboxylic acid groups (broad SMARTS) is 1. The van der Waals surface area contributed by atoms with Crippen molar-refractivity contribution in [3.63, 3.8) is 0 Å². The quantitative estimate of drug-likeness (QED) is 0.858. The smallest absolute Gasteiger partial charge is 0.404 e. The second-order valence-electron chi connectivity index (χ2n) is 4.33. The zero-order chi connectivity index (χ0) is 12.1. The van der Waals surface area contributed by atoms with Crippen LogP contribution in [0.2, 0.25) is 0 Å². The van der Waals surface area contributed by atoms with Crippen molar-refractivity contribution < 1.29 is 9.90 Å². The summed E-state index contributed by atoms with van der Waals surface area (Å²) >= 11 is 1.69. The summed E-state index contributed by atoms with van der Waals surface area (Å²) < 4.78 is 0. The maximum Gasteiger partial charge on any atom is 0.404 e. The minimum atomic E-state index is -0.921. The van der Waals surface area contributed by atoms with Gasteiger partial charge in [-0.15, -0.1) is 11.3 Å². The lowest BCUT2D eigenvalue weighted by atomic mass is 9.97. The second kappa shape index (κ2) is 5.97. The van der Waals surface area contributed by atoms with Gasteiger partial charge in [-0.25, -0.2) is 9.78 Å². The van der Waals surface area contributed by atoms with E-state index in [4.69, 9.17) is 5.11 Å². The number of hydrogen-bond donors (Lipinski definition) is 2. The number of piperidine rings is 1. The molecule has 0 radical (unpaired) electrons. The number of amides is 1. The van der Waals surface area contributed by atoms with Gasteiger partial charge in [0.1, 0.15) is 5.01 Å². The molecule has 2 rings (SSSR count). The Morgan fingerprint density at radius 2 is 2.35 bits per heavy atom. The SMILES string of the molecule is O=C(O)NCC1CCN(Cc2nccs2)CC1. The largest absolute Gasteiger partial charge is 0.465 e. The highest BCUT2D eigenvalue weighted by Gasteiger charge is 2.19. The van der Waals surface area contributed by atoms with E-state index in [9.17, 15) is 4.79 Å². The monoisotopic (exact) mass is 255 g/mol. The molecule has 0 saturated carbocycles. The summed E-state index contributed by atoms with van der Waals surface area (Å²) in [6.45, 7) is 3.58. The molecule has 0 spiro atoms. The lowest BCUT2D eigenvalue weighted by Crippen LogP contribution is -2.37. The Kier molecular flexibility index (Phi) is 4.33. The molecule has 2 heterocycles. The Labute approximate surface area is 104 Å². The van der Waals surface area contributed by atoms with Gasteiger partial charge in [0.05, 0.1) is 6.54 Å². The first-order chi connectivity index (χ1) is 8.24. The Morgan fingerprint density at radius 1 is 1.59 bits per heavy atom. The molecule has 1 aliphatic rings. The predicted octanol–water partition coefficient (Wildman–Crippen LogP) is 1.62. The average Bonchev–Trinajstić information content (AvgIpc) is 2.81. The van der Waals surface area contributed by atoms with Crippen LogP contribution in [0, 0.1) is 5.92 Å². The Morgan fingerprint density at radius 3 is 2.94 bits per heavy atom. The highest BCUT2D eigenvalue weighted by Crippen LogP contribution is 2.18. The summed E-state index contributed by atoms with van der Waals surface area (Å²) in [5.41, 5.74) is 0. The molecule has 1 saturated heterocycles. The molecule has 0 atom stereocenters. The minimum absolute atomic E-state index is 0.485. The van der Waals surface area contributed by atoms with Gasteiger partial charge in [0.15, 0.2) is 0 Å². The van der Waals surface area contributed by atoms with Gasteiger partial charge in [-0.1, -0.05) is 0 Å². The first-order valence-electron chi connectivity index (χ1n) is 5.81. The molecule has 17 heavy (non-hydrogen) atoms. The number of nitrogens with zero attached hydrogens (tertiary/aromatic N) is 2. The Balaban J connectivity index is 1.69. The van der Waals surface area contributed by atoms with E-state index in [-0.39, 0.29) is 0 Å². The van der Waals surface area contributed by atoms with Crippen LogP contribution in [-0.2, 0) is 6.54 Å². The lowest BCUT2D eigenvalue weighted by Gasteiger charge is -2.31. The fraction of sp³-hybridized carbons (Fsp3) is 0.636. The number of thiazole rings is 1. The van der Waals surface area contributed by atoms with Crippen molar-refractivity contribution in [2.45, 2.75) is 19.4 Å². The third kappa shape index (κ3) is 3.98. The van der Waals surface area contributed by atoms with E-state index in [1.54, 1.807) is 11.3 Å². The van der Waals surface area contributed by atoms with Crippen LogP contribution in [-0.4, -0.2) is 40.7 Å². The number of rotatable bonds is 4. The van der Waals surface area contributed by atoms with Crippen LogP contribution < -0.4 is 5.32 Å². The van der Waals surface area contributed by atoms with E-state index < -0.39 is 6.09 Å². The number of nitrogens with one attached hydrogen (secondary N) is 1. The summed E-state index contributed by atoms with van der Waals surface area (Å²) in [4.78, 5) is 17.1. The summed E-state index contributed by atoms with van der Waals surface area (Å²) in [6.07, 6.45) is 3.04. The van der Waals surface area contributed by atoms with E-state index in [0.29, 0.717) is 12.5 Å². The van der Waals surface area contributed by atoms with Crippen LogP contribution >= 0.6 is 11.3 Å². The number of carbonyl (C=O) groups is 1. The molecular weight excluding hydrogens is 238 g/mol. The molecule has 0 bridgehead atoms. The molecule has 1 amide bonds. The number of aromatic nitrogens is 1. The van der Waals surface area contributed by atoms with E-state index >= 15 is 0 Å². The van der Waals surface area contributed by atoms with Gasteiger partial charge >= 0.3 is 6.09 Å². The first kappa shape index (κ1) is 12.3. The van der Waals surface area contributed by atoms with Crippen LogP contribution in [0.25, 0.3) is 0 Å². The zero-order valence-electron chi connectivity index (χ0n) is 9.63. The third-order valence-corrected chi connectivity index (χ3v) is 3.86.